The van der Waals surface area contributed by atoms with Crippen LogP contribution in [0, 0.1) is 11.3 Å². The van der Waals surface area contributed by atoms with E-state index in [0.29, 0.717) is 10.7 Å². The first kappa shape index (κ1) is 19.3. The van der Waals surface area contributed by atoms with Crippen molar-refractivity contribution in [3.05, 3.63) is 63.0 Å². The Kier molecular flexibility index (Phi) is 6.43. The van der Waals surface area contributed by atoms with Crippen molar-refractivity contribution >= 4 is 45.4 Å². The maximum Gasteiger partial charge on any atom is 0.260 e. The van der Waals surface area contributed by atoms with Crippen LogP contribution in [0.1, 0.15) is 18.1 Å². The number of thioether (sulfide) groups is 1. The predicted molar refractivity (Wildman–Crippen MR) is 112 cm³/mol. The van der Waals surface area contributed by atoms with Crippen LogP contribution >= 0.6 is 27.7 Å². The molecule has 0 spiro atoms. The van der Waals surface area contributed by atoms with E-state index in [1.54, 1.807) is 6.07 Å². The monoisotopic (exact) mass is 443 g/mol. The average molecular weight is 444 g/mol. The van der Waals surface area contributed by atoms with E-state index in [1.165, 1.54) is 17.3 Å². The Morgan fingerprint density at radius 2 is 2.11 bits per heavy atom. The molecule has 3 rings (SSSR count). The SMILES string of the molecule is CCc1ccc(N[C@@H]2NC(=O)/C(=C/c3ccc(OCC#N)c(Br)c3)S2)cc1. The van der Waals surface area contributed by atoms with Crippen LogP contribution in [0.25, 0.3) is 6.08 Å². The van der Waals surface area contributed by atoms with Crippen molar-refractivity contribution in [2.75, 3.05) is 11.9 Å². The quantitative estimate of drug-likeness (QED) is 0.642. The number of nitriles is 1. The molecule has 27 heavy (non-hydrogen) atoms. The Morgan fingerprint density at radius 3 is 2.78 bits per heavy atom. The average Bonchev–Trinajstić information content (AvgIpc) is 3.00. The van der Waals surface area contributed by atoms with Crippen molar-refractivity contribution in [1.82, 2.24) is 5.32 Å². The largest absolute Gasteiger partial charge is 0.478 e. The summed E-state index contributed by atoms with van der Waals surface area (Å²) in [6, 6.07) is 15.6. The van der Waals surface area contributed by atoms with E-state index in [1.807, 2.05) is 36.4 Å². The summed E-state index contributed by atoms with van der Waals surface area (Å²) in [5.41, 5.74) is 2.90. The predicted octanol–water partition coefficient (Wildman–Crippen LogP) is 4.51. The Bertz CT molecular complexity index is 906. The molecule has 2 N–H and O–H groups in total. The molecule has 138 valence electrons. The summed E-state index contributed by atoms with van der Waals surface area (Å²) in [5, 5.41) is 14.8. The molecule has 0 unspecified atom stereocenters. The molecule has 1 fully saturated rings. The lowest BCUT2D eigenvalue weighted by molar-refractivity contribution is -0.116. The van der Waals surface area contributed by atoms with Gasteiger partial charge < -0.3 is 15.4 Å². The number of ether oxygens (including phenoxy) is 1. The van der Waals surface area contributed by atoms with Gasteiger partial charge in [0.25, 0.3) is 5.91 Å². The standard InChI is InChI=1S/C20H18BrN3O2S/c1-2-13-3-6-15(7-4-13)23-20-24-19(25)18(27-20)12-14-5-8-17(16(21)11-14)26-10-9-22/h3-8,11-12,20,23H,2,10H2,1H3,(H,24,25)/b18-12-/t20-/m1/s1. The lowest BCUT2D eigenvalue weighted by atomic mass is 10.1. The molecule has 0 aliphatic carbocycles. The zero-order chi connectivity index (χ0) is 19.2. The third-order valence-electron chi connectivity index (χ3n) is 3.94. The van der Waals surface area contributed by atoms with Crippen LogP contribution in [0.2, 0.25) is 0 Å². The Morgan fingerprint density at radius 1 is 1.33 bits per heavy atom. The zero-order valence-electron chi connectivity index (χ0n) is 14.7. The number of aryl methyl sites for hydroxylation is 1. The van der Waals surface area contributed by atoms with Crippen molar-refractivity contribution in [3.63, 3.8) is 0 Å². The maximum atomic E-state index is 12.3. The number of halogens is 1. The number of hydrogen-bond donors (Lipinski definition) is 2. The first-order chi connectivity index (χ1) is 13.1. The highest BCUT2D eigenvalue weighted by molar-refractivity contribution is 9.10. The number of rotatable bonds is 6. The molecule has 0 saturated carbocycles. The summed E-state index contributed by atoms with van der Waals surface area (Å²) in [6.07, 6.45) is 2.83. The molecule has 5 nitrogen and oxygen atoms in total. The van der Waals surface area contributed by atoms with Crippen LogP contribution in [0.3, 0.4) is 0 Å². The summed E-state index contributed by atoms with van der Waals surface area (Å²) in [7, 11) is 0. The molecule has 1 saturated heterocycles. The van der Waals surface area contributed by atoms with Crippen molar-refractivity contribution in [3.8, 4) is 11.8 Å². The molecule has 0 radical (unpaired) electrons. The molecule has 2 aromatic carbocycles. The van der Waals surface area contributed by atoms with Crippen LogP contribution in [0.15, 0.2) is 51.8 Å². The molecule has 2 aromatic rings. The van der Waals surface area contributed by atoms with Gasteiger partial charge >= 0.3 is 0 Å². The van der Waals surface area contributed by atoms with Gasteiger partial charge in [-0.25, -0.2) is 0 Å². The van der Waals surface area contributed by atoms with Gasteiger partial charge in [-0.15, -0.1) is 0 Å². The Hall–Kier alpha value is -2.43. The van der Waals surface area contributed by atoms with E-state index < -0.39 is 0 Å². The number of benzene rings is 2. The fourth-order valence-corrected chi connectivity index (χ4v) is 4.03. The van der Waals surface area contributed by atoms with Crippen LogP contribution in [0.5, 0.6) is 5.75 Å². The third-order valence-corrected chi connectivity index (χ3v) is 5.58. The molecule has 1 atom stereocenters. The van der Waals surface area contributed by atoms with Crippen molar-refractivity contribution in [2.24, 2.45) is 0 Å². The van der Waals surface area contributed by atoms with E-state index in [4.69, 9.17) is 10.00 Å². The number of carbonyl (C=O) groups is 1. The Balaban J connectivity index is 1.67. The Labute approximate surface area is 170 Å². The van der Waals surface area contributed by atoms with Gasteiger partial charge in [-0.2, -0.15) is 5.26 Å². The normalized spacial score (nSPS) is 17.4. The zero-order valence-corrected chi connectivity index (χ0v) is 17.1. The second kappa shape index (κ2) is 8.98. The highest BCUT2D eigenvalue weighted by Gasteiger charge is 2.27. The minimum absolute atomic E-state index is 0.0100. The number of hydrogen-bond acceptors (Lipinski definition) is 5. The number of carbonyl (C=O) groups excluding carboxylic acids is 1. The molecule has 0 bridgehead atoms. The molecule has 1 aliphatic heterocycles. The fraction of sp³-hybridized carbons (Fsp3) is 0.200. The van der Waals surface area contributed by atoms with Crippen LogP contribution in [-0.2, 0) is 11.2 Å². The number of anilines is 1. The topological polar surface area (TPSA) is 74.2 Å². The highest BCUT2D eigenvalue weighted by atomic mass is 79.9. The van der Waals surface area contributed by atoms with E-state index in [-0.39, 0.29) is 18.0 Å². The van der Waals surface area contributed by atoms with Gasteiger partial charge in [0, 0.05) is 5.69 Å². The third kappa shape index (κ3) is 5.06. The van der Waals surface area contributed by atoms with Gasteiger partial charge in [-0.05, 0) is 63.8 Å². The van der Waals surface area contributed by atoms with Crippen LogP contribution in [0.4, 0.5) is 5.69 Å². The van der Waals surface area contributed by atoms with Crippen molar-refractivity contribution in [1.29, 1.82) is 5.26 Å². The molecular formula is C20H18BrN3O2S. The van der Waals surface area contributed by atoms with E-state index in [2.05, 4.69) is 45.6 Å². The second-order valence-electron chi connectivity index (χ2n) is 5.81. The second-order valence-corrected chi connectivity index (χ2v) is 7.81. The highest BCUT2D eigenvalue weighted by Crippen LogP contribution is 2.32. The van der Waals surface area contributed by atoms with Crippen molar-refractivity contribution < 1.29 is 9.53 Å². The molecule has 7 heteroatoms. The number of nitrogens with one attached hydrogen (secondary N) is 2. The van der Waals surface area contributed by atoms with Crippen LogP contribution in [-0.4, -0.2) is 18.0 Å². The van der Waals surface area contributed by atoms with Gasteiger partial charge in [0.1, 0.15) is 11.8 Å². The summed E-state index contributed by atoms with van der Waals surface area (Å²) in [6.45, 7) is 2.11. The smallest absolute Gasteiger partial charge is 0.260 e. The molecule has 0 aromatic heterocycles. The van der Waals surface area contributed by atoms with Gasteiger partial charge in [0.15, 0.2) is 12.1 Å². The van der Waals surface area contributed by atoms with Gasteiger partial charge in [-0.3, -0.25) is 4.79 Å². The number of nitrogens with zero attached hydrogens (tertiary/aromatic N) is 1. The molecule has 1 aliphatic rings. The fourth-order valence-electron chi connectivity index (χ4n) is 2.54. The minimum Gasteiger partial charge on any atom is -0.478 e. The lowest BCUT2D eigenvalue weighted by Gasteiger charge is -2.12. The molecule has 1 heterocycles. The van der Waals surface area contributed by atoms with E-state index >= 15 is 0 Å². The van der Waals surface area contributed by atoms with Gasteiger partial charge in [-0.1, -0.05) is 36.9 Å². The van der Waals surface area contributed by atoms with E-state index in [9.17, 15) is 4.79 Å². The van der Waals surface area contributed by atoms with E-state index in [0.717, 1.165) is 22.1 Å². The first-order valence-corrected chi connectivity index (χ1v) is 10.1. The van der Waals surface area contributed by atoms with Gasteiger partial charge in [0.2, 0.25) is 0 Å². The lowest BCUT2D eigenvalue weighted by Crippen LogP contribution is -2.30. The number of amides is 1. The maximum absolute atomic E-state index is 12.3. The molecular weight excluding hydrogens is 426 g/mol. The van der Waals surface area contributed by atoms with Gasteiger partial charge in [0.05, 0.1) is 9.38 Å². The summed E-state index contributed by atoms with van der Waals surface area (Å²) < 4.78 is 6.05. The summed E-state index contributed by atoms with van der Waals surface area (Å²) in [5.74, 6) is 0.487. The van der Waals surface area contributed by atoms with Crippen LogP contribution < -0.4 is 15.4 Å². The summed E-state index contributed by atoms with van der Waals surface area (Å²) >= 11 is 4.87. The van der Waals surface area contributed by atoms with Crippen molar-refractivity contribution in [2.45, 2.75) is 18.8 Å². The molecule has 1 amide bonds. The summed E-state index contributed by atoms with van der Waals surface area (Å²) in [4.78, 5) is 12.9. The minimum atomic E-state index is -0.210. The first-order valence-electron chi connectivity index (χ1n) is 8.43.